The lowest BCUT2D eigenvalue weighted by Gasteiger charge is -2.40. The normalized spacial score (nSPS) is 24.8. The predicted molar refractivity (Wildman–Crippen MR) is 86.5 cm³/mol. The second-order valence-corrected chi connectivity index (χ2v) is 6.20. The van der Waals surface area contributed by atoms with Crippen LogP contribution < -0.4 is 9.47 Å². The topological polar surface area (TPSA) is 37.8 Å². The molecule has 6 heteroatoms. The SMILES string of the molecule is CCN1CC[C@@H]1COc1ccc(F)nc1OC[C@H]1CCN1CC. The van der Waals surface area contributed by atoms with Crippen molar-refractivity contribution >= 4 is 0 Å². The molecule has 2 aliphatic heterocycles. The molecule has 0 radical (unpaired) electrons. The van der Waals surface area contributed by atoms with Crippen molar-refractivity contribution in [3.8, 4) is 11.6 Å². The van der Waals surface area contributed by atoms with Gasteiger partial charge in [-0.25, -0.2) is 0 Å². The van der Waals surface area contributed by atoms with Gasteiger partial charge in [0.1, 0.15) is 13.2 Å². The summed E-state index contributed by atoms with van der Waals surface area (Å²) < 4.78 is 25.1. The van der Waals surface area contributed by atoms with E-state index in [1.165, 1.54) is 6.07 Å². The zero-order chi connectivity index (χ0) is 16.2. The van der Waals surface area contributed by atoms with Crippen molar-refractivity contribution in [2.45, 2.75) is 38.8 Å². The van der Waals surface area contributed by atoms with E-state index in [9.17, 15) is 4.39 Å². The molecule has 0 amide bonds. The zero-order valence-electron chi connectivity index (χ0n) is 14.0. The van der Waals surface area contributed by atoms with Crippen LogP contribution in [-0.4, -0.2) is 66.3 Å². The van der Waals surface area contributed by atoms with E-state index in [1.54, 1.807) is 6.07 Å². The maximum absolute atomic E-state index is 13.4. The van der Waals surface area contributed by atoms with Gasteiger partial charge in [0, 0.05) is 25.2 Å². The second kappa shape index (κ2) is 7.45. The smallest absolute Gasteiger partial charge is 0.259 e. The van der Waals surface area contributed by atoms with Crippen LogP contribution in [0.15, 0.2) is 12.1 Å². The van der Waals surface area contributed by atoms with E-state index in [0.717, 1.165) is 39.0 Å². The number of ether oxygens (including phenoxy) is 2. The minimum absolute atomic E-state index is 0.273. The number of pyridine rings is 1. The average molecular weight is 323 g/mol. The van der Waals surface area contributed by atoms with E-state index in [0.29, 0.717) is 31.0 Å². The van der Waals surface area contributed by atoms with E-state index in [-0.39, 0.29) is 5.88 Å². The van der Waals surface area contributed by atoms with Crippen molar-refractivity contribution in [2.75, 3.05) is 39.4 Å². The van der Waals surface area contributed by atoms with E-state index in [4.69, 9.17) is 9.47 Å². The molecule has 0 aliphatic carbocycles. The largest absolute Gasteiger partial charge is 0.486 e. The lowest BCUT2D eigenvalue weighted by molar-refractivity contribution is 0.0455. The molecular weight excluding hydrogens is 297 g/mol. The average Bonchev–Trinajstić information content (AvgIpc) is 2.48. The minimum atomic E-state index is -0.535. The summed E-state index contributed by atoms with van der Waals surface area (Å²) in [6.45, 7) is 9.71. The van der Waals surface area contributed by atoms with Gasteiger partial charge in [-0.15, -0.1) is 0 Å². The van der Waals surface area contributed by atoms with Gasteiger partial charge in [0.15, 0.2) is 5.75 Å². The maximum Gasteiger partial charge on any atom is 0.259 e. The van der Waals surface area contributed by atoms with Crippen molar-refractivity contribution in [1.29, 1.82) is 0 Å². The van der Waals surface area contributed by atoms with Gasteiger partial charge in [-0.1, -0.05) is 13.8 Å². The summed E-state index contributed by atoms with van der Waals surface area (Å²) >= 11 is 0. The summed E-state index contributed by atoms with van der Waals surface area (Å²) in [6.07, 6.45) is 2.26. The highest BCUT2D eigenvalue weighted by molar-refractivity contribution is 5.33. The van der Waals surface area contributed by atoms with E-state index >= 15 is 0 Å². The summed E-state index contributed by atoms with van der Waals surface area (Å²) in [4.78, 5) is 8.58. The molecule has 0 spiro atoms. The Bertz CT molecular complexity index is 525. The Morgan fingerprint density at radius 2 is 1.65 bits per heavy atom. The van der Waals surface area contributed by atoms with Gasteiger partial charge < -0.3 is 9.47 Å². The van der Waals surface area contributed by atoms with Crippen LogP contribution in [-0.2, 0) is 0 Å². The van der Waals surface area contributed by atoms with Crippen LogP contribution >= 0.6 is 0 Å². The molecule has 2 saturated heterocycles. The Hall–Kier alpha value is -1.40. The molecule has 23 heavy (non-hydrogen) atoms. The van der Waals surface area contributed by atoms with Crippen LogP contribution in [0.5, 0.6) is 11.6 Å². The Kier molecular flexibility index (Phi) is 5.33. The van der Waals surface area contributed by atoms with Crippen LogP contribution in [0.25, 0.3) is 0 Å². The molecule has 0 aromatic carbocycles. The molecule has 0 bridgehead atoms. The highest BCUT2D eigenvalue weighted by Crippen LogP contribution is 2.28. The van der Waals surface area contributed by atoms with E-state index in [2.05, 4.69) is 28.6 Å². The molecule has 2 atom stereocenters. The first-order chi connectivity index (χ1) is 11.2. The fourth-order valence-electron chi connectivity index (χ4n) is 3.18. The predicted octanol–water partition coefficient (Wildman–Crippen LogP) is 2.17. The first kappa shape index (κ1) is 16.5. The third kappa shape index (κ3) is 3.75. The van der Waals surface area contributed by atoms with Crippen LogP contribution in [0.2, 0.25) is 0 Å². The van der Waals surface area contributed by atoms with Gasteiger partial charge in [-0.05, 0) is 38.1 Å². The highest BCUT2D eigenvalue weighted by Gasteiger charge is 2.29. The summed E-state index contributed by atoms with van der Waals surface area (Å²) in [5.74, 6) is 0.277. The van der Waals surface area contributed by atoms with Crippen molar-refractivity contribution in [1.82, 2.24) is 14.8 Å². The lowest BCUT2D eigenvalue weighted by Crippen LogP contribution is -2.50. The quantitative estimate of drug-likeness (QED) is 0.686. The standard InChI is InChI=1S/C17H26FN3O2/c1-3-20-9-7-13(20)11-22-15-5-6-16(18)19-17(15)23-12-14-8-10-21(14)4-2/h5-6,13-14H,3-4,7-12H2,1-2H3/t13-,14-/m1/s1. The van der Waals surface area contributed by atoms with E-state index in [1.807, 2.05) is 0 Å². The molecule has 0 saturated carbocycles. The molecule has 1 aromatic rings. The first-order valence-corrected chi connectivity index (χ1v) is 8.61. The Labute approximate surface area is 137 Å². The number of likely N-dealkylation sites (tertiary alicyclic amines) is 2. The fourth-order valence-corrected chi connectivity index (χ4v) is 3.18. The molecule has 0 N–H and O–H groups in total. The van der Waals surface area contributed by atoms with Gasteiger partial charge in [0.2, 0.25) is 5.95 Å². The zero-order valence-corrected chi connectivity index (χ0v) is 14.0. The maximum atomic E-state index is 13.4. The molecule has 1 aromatic heterocycles. The number of hydrogen-bond donors (Lipinski definition) is 0. The van der Waals surface area contributed by atoms with Gasteiger partial charge in [-0.2, -0.15) is 9.37 Å². The van der Waals surface area contributed by atoms with Gasteiger partial charge in [0.05, 0.1) is 0 Å². The third-order valence-corrected chi connectivity index (χ3v) is 4.98. The third-order valence-electron chi connectivity index (χ3n) is 4.98. The molecule has 2 aliphatic rings. The first-order valence-electron chi connectivity index (χ1n) is 8.61. The number of likely N-dealkylation sites (N-methyl/N-ethyl adjacent to an activating group) is 2. The number of hydrogen-bond acceptors (Lipinski definition) is 5. The Morgan fingerprint density at radius 3 is 2.17 bits per heavy atom. The van der Waals surface area contributed by atoms with Crippen LogP contribution in [0.4, 0.5) is 4.39 Å². The molecule has 3 rings (SSSR count). The highest BCUT2D eigenvalue weighted by atomic mass is 19.1. The summed E-state index contributed by atoms with van der Waals surface area (Å²) in [5.41, 5.74) is 0. The fraction of sp³-hybridized carbons (Fsp3) is 0.706. The molecule has 5 nitrogen and oxygen atoms in total. The summed E-state index contributed by atoms with van der Waals surface area (Å²) in [6, 6.07) is 3.79. The molecule has 3 heterocycles. The van der Waals surface area contributed by atoms with Crippen molar-refractivity contribution in [3.63, 3.8) is 0 Å². The van der Waals surface area contributed by atoms with E-state index < -0.39 is 5.95 Å². The van der Waals surface area contributed by atoms with Gasteiger partial charge in [-0.3, -0.25) is 9.80 Å². The number of halogens is 1. The Morgan fingerprint density at radius 1 is 1.04 bits per heavy atom. The van der Waals surface area contributed by atoms with Crippen LogP contribution in [0.1, 0.15) is 26.7 Å². The number of aromatic nitrogens is 1. The van der Waals surface area contributed by atoms with Crippen molar-refractivity contribution in [2.24, 2.45) is 0 Å². The second-order valence-electron chi connectivity index (χ2n) is 6.20. The van der Waals surface area contributed by atoms with Crippen molar-refractivity contribution in [3.05, 3.63) is 18.1 Å². The summed E-state index contributed by atoms with van der Waals surface area (Å²) in [5, 5.41) is 0. The van der Waals surface area contributed by atoms with Crippen LogP contribution in [0, 0.1) is 5.95 Å². The van der Waals surface area contributed by atoms with Gasteiger partial charge >= 0.3 is 0 Å². The molecular formula is C17H26FN3O2. The Balaban J connectivity index is 1.56. The lowest BCUT2D eigenvalue weighted by atomic mass is 10.0. The molecule has 2 fully saturated rings. The minimum Gasteiger partial charge on any atom is -0.486 e. The van der Waals surface area contributed by atoms with Crippen molar-refractivity contribution < 1.29 is 13.9 Å². The number of rotatable bonds is 8. The number of nitrogens with zero attached hydrogens (tertiary/aromatic N) is 3. The summed E-state index contributed by atoms with van der Waals surface area (Å²) in [7, 11) is 0. The molecule has 0 unspecified atom stereocenters. The van der Waals surface area contributed by atoms with Crippen LogP contribution in [0.3, 0.4) is 0 Å². The van der Waals surface area contributed by atoms with Gasteiger partial charge in [0.25, 0.3) is 5.88 Å². The monoisotopic (exact) mass is 323 g/mol. The molecule has 128 valence electrons.